The SMILES string of the molecule is CSc1ccc(C)c(C(=O)N2CCC(Cc3ccccc3)CC2)c1. The van der Waals surface area contributed by atoms with Crippen molar-refractivity contribution in [2.45, 2.75) is 31.1 Å². The predicted octanol–water partition coefficient (Wildman–Crippen LogP) is 4.81. The van der Waals surface area contributed by atoms with Gasteiger partial charge >= 0.3 is 0 Å². The fraction of sp³-hybridized carbons (Fsp3) is 0.381. The van der Waals surface area contributed by atoms with E-state index in [9.17, 15) is 4.79 Å². The number of benzene rings is 2. The molecule has 3 heteroatoms. The predicted molar refractivity (Wildman–Crippen MR) is 102 cm³/mol. The van der Waals surface area contributed by atoms with Crippen LogP contribution in [0.15, 0.2) is 53.4 Å². The Labute approximate surface area is 149 Å². The number of nitrogens with zero attached hydrogens (tertiary/aromatic N) is 1. The number of hydrogen-bond acceptors (Lipinski definition) is 2. The van der Waals surface area contributed by atoms with Gasteiger partial charge in [-0.15, -0.1) is 11.8 Å². The number of piperidine rings is 1. The Morgan fingerprint density at radius 3 is 2.50 bits per heavy atom. The second kappa shape index (κ2) is 7.89. The van der Waals surface area contributed by atoms with Crippen molar-refractivity contribution in [2.75, 3.05) is 19.3 Å². The molecule has 0 unspecified atom stereocenters. The monoisotopic (exact) mass is 339 g/mol. The molecule has 1 saturated heterocycles. The lowest BCUT2D eigenvalue weighted by molar-refractivity contribution is 0.0689. The maximum atomic E-state index is 12.9. The van der Waals surface area contributed by atoms with Gasteiger partial charge in [0.05, 0.1) is 0 Å². The minimum atomic E-state index is 0.196. The molecule has 24 heavy (non-hydrogen) atoms. The van der Waals surface area contributed by atoms with Crippen molar-refractivity contribution in [3.8, 4) is 0 Å². The Balaban J connectivity index is 1.61. The topological polar surface area (TPSA) is 20.3 Å². The molecule has 0 saturated carbocycles. The van der Waals surface area contributed by atoms with E-state index < -0.39 is 0 Å². The van der Waals surface area contributed by atoms with Gasteiger partial charge in [-0.05, 0) is 61.6 Å². The van der Waals surface area contributed by atoms with E-state index in [0.29, 0.717) is 5.92 Å². The zero-order valence-corrected chi connectivity index (χ0v) is 15.3. The van der Waals surface area contributed by atoms with Crippen LogP contribution in [0.1, 0.15) is 34.3 Å². The minimum Gasteiger partial charge on any atom is -0.339 e. The molecule has 1 heterocycles. The molecule has 0 bridgehead atoms. The van der Waals surface area contributed by atoms with Crippen LogP contribution in [0, 0.1) is 12.8 Å². The van der Waals surface area contributed by atoms with Crippen molar-refractivity contribution in [2.24, 2.45) is 5.92 Å². The van der Waals surface area contributed by atoms with Crippen molar-refractivity contribution in [3.63, 3.8) is 0 Å². The fourth-order valence-corrected chi connectivity index (χ4v) is 3.86. The first kappa shape index (κ1) is 17.1. The number of likely N-dealkylation sites (tertiary alicyclic amines) is 1. The van der Waals surface area contributed by atoms with Crippen molar-refractivity contribution in [1.82, 2.24) is 4.90 Å². The maximum absolute atomic E-state index is 12.9. The highest BCUT2D eigenvalue weighted by molar-refractivity contribution is 7.98. The summed E-state index contributed by atoms with van der Waals surface area (Å²) in [5, 5.41) is 0. The van der Waals surface area contributed by atoms with Crippen LogP contribution < -0.4 is 0 Å². The number of carbonyl (C=O) groups excluding carboxylic acids is 1. The molecular weight excluding hydrogens is 314 g/mol. The first-order valence-electron chi connectivity index (χ1n) is 8.65. The van der Waals surface area contributed by atoms with E-state index in [2.05, 4.69) is 42.5 Å². The van der Waals surface area contributed by atoms with Gasteiger partial charge in [0.1, 0.15) is 0 Å². The number of hydrogen-bond donors (Lipinski definition) is 0. The molecule has 2 aromatic rings. The van der Waals surface area contributed by atoms with Crippen LogP contribution in [0.25, 0.3) is 0 Å². The summed E-state index contributed by atoms with van der Waals surface area (Å²) in [7, 11) is 0. The van der Waals surface area contributed by atoms with E-state index in [1.165, 1.54) is 5.56 Å². The third-order valence-electron chi connectivity index (χ3n) is 4.94. The average molecular weight is 340 g/mol. The molecule has 1 aliphatic rings. The number of rotatable bonds is 4. The number of amides is 1. The summed E-state index contributed by atoms with van der Waals surface area (Å²) in [4.78, 5) is 16.1. The lowest BCUT2D eigenvalue weighted by Crippen LogP contribution is -2.39. The highest BCUT2D eigenvalue weighted by atomic mass is 32.2. The van der Waals surface area contributed by atoms with E-state index in [-0.39, 0.29) is 5.91 Å². The largest absolute Gasteiger partial charge is 0.339 e. The van der Waals surface area contributed by atoms with Crippen molar-refractivity contribution >= 4 is 17.7 Å². The smallest absolute Gasteiger partial charge is 0.254 e. The average Bonchev–Trinajstić information content (AvgIpc) is 2.63. The van der Waals surface area contributed by atoms with E-state index in [1.54, 1.807) is 11.8 Å². The lowest BCUT2D eigenvalue weighted by atomic mass is 9.90. The van der Waals surface area contributed by atoms with Gasteiger partial charge in [-0.1, -0.05) is 36.4 Å². The van der Waals surface area contributed by atoms with E-state index in [1.807, 2.05) is 24.1 Å². The molecule has 2 aromatic carbocycles. The van der Waals surface area contributed by atoms with Crippen LogP contribution in [-0.4, -0.2) is 30.2 Å². The summed E-state index contributed by atoms with van der Waals surface area (Å²) in [5.41, 5.74) is 3.35. The number of thioether (sulfide) groups is 1. The molecule has 1 aliphatic heterocycles. The van der Waals surface area contributed by atoms with Gasteiger partial charge in [-0.25, -0.2) is 0 Å². The molecule has 2 nitrogen and oxygen atoms in total. The maximum Gasteiger partial charge on any atom is 0.254 e. The van der Waals surface area contributed by atoms with Gasteiger partial charge in [-0.2, -0.15) is 0 Å². The van der Waals surface area contributed by atoms with Crippen LogP contribution in [0.3, 0.4) is 0 Å². The zero-order valence-electron chi connectivity index (χ0n) is 14.5. The highest BCUT2D eigenvalue weighted by Crippen LogP contribution is 2.25. The third-order valence-corrected chi connectivity index (χ3v) is 5.67. The first-order valence-corrected chi connectivity index (χ1v) is 9.87. The van der Waals surface area contributed by atoms with Crippen molar-refractivity contribution in [1.29, 1.82) is 0 Å². The molecule has 0 radical (unpaired) electrons. The third kappa shape index (κ3) is 4.02. The van der Waals surface area contributed by atoms with Gasteiger partial charge in [0.15, 0.2) is 0 Å². The fourth-order valence-electron chi connectivity index (χ4n) is 3.42. The Morgan fingerprint density at radius 1 is 1.12 bits per heavy atom. The Bertz CT molecular complexity index is 690. The van der Waals surface area contributed by atoms with E-state index >= 15 is 0 Å². The molecular formula is C21H25NOS. The van der Waals surface area contributed by atoms with Crippen LogP contribution in [0.2, 0.25) is 0 Å². The second-order valence-corrected chi connectivity index (χ2v) is 7.49. The van der Waals surface area contributed by atoms with Crippen LogP contribution >= 0.6 is 11.8 Å². The second-order valence-electron chi connectivity index (χ2n) is 6.61. The Hall–Kier alpha value is -1.74. The molecule has 1 amide bonds. The van der Waals surface area contributed by atoms with Gasteiger partial charge in [-0.3, -0.25) is 4.79 Å². The zero-order chi connectivity index (χ0) is 16.9. The van der Waals surface area contributed by atoms with Crippen LogP contribution in [0.4, 0.5) is 0 Å². The summed E-state index contributed by atoms with van der Waals surface area (Å²) >= 11 is 1.69. The van der Waals surface area contributed by atoms with E-state index in [0.717, 1.165) is 48.4 Å². The summed E-state index contributed by atoms with van der Waals surface area (Å²) in [5.74, 6) is 0.886. The van der Waals surface area contributed by atoms with Gasteiger partial charge in [0.2, 0.25) is 0 Å². The molecule has 0 atom stereocenters. The molecule has 0 N–H and O–H groups in total. The normalized spacial score (nSPS) is 15.5. The summed E-state index contributed by atoms with van der Waals surface area (Å²) in [6.07, 6.45) is 5.38. The number of aryl methyl sites for hydroxylation is 1. The summed E-state index contributed by atoms with van der Waals surface area (Å²) < 4.78 is 0. The summed E-state index contributed by atoms with van der Waals surface area (Å²) in [6, 6.07) is 16.9. The lowest BCUT2D eigenvalue weighted by Gasteiger charge is -2.32. The van der Waals surface area contributed by atoms with Gasteiger partial charge in [0.25, 0.3) is 5.91 Å². The molecule has 0 spiro atoms. The molecule has 126 valence electrons. The minimum absolute atomic E-state index is 0.196. The molecule has 0 aromatic heterocycles. The van der Waals surface area contributed by atoms with E-state index in [4.69, 9.17) is 0 Å². The van der Waals surface area contributed by atoms with Crippen molar-refractivity contribution in [3.05, 3.63) is 65.2 Å². The first-order chi connectivity index (χ1) is 11.7. The quantitative estimate of drug-likeness (QED) is 0.745. The molecule has 1 fully saturated rings. The van der Waals surface area contributed by atoms with Gasteiger partial charge < -0.3 is 4.90 Å². The van der Waals surface area contributed by atoms with Crippen LogP contribution in [-0.2, 0) is 6.42 Å². The van der Waals surface area contributed by atoms with Crippen LogP contribution in [0.5, 0.6) is 0 Å². The Morgan fingerprint density at radius 2 is 1.83 bits per heavy atom. The van der Waals surface area contributed by atoms with Gasteiger partial charge in [0, 0.05) is 23.5 Å². The Kier molecular flexibility index (Phi) is 5.62. The standard InChI is InChI=1S/C21H25NOS/c1-16-8-9-19(24-2)15-20(16)21(23)22-12-10-18(11-13-22)14-17-6-4-3-5-7-17/h3-9,15,18H,10-14H2,1-2H3. The highest BCUT2D eigenvalue weighted by Gasteiger charge is 2.24. The molecule has 0 aliphatic carbocycles. The van der Waals surface area contributed by atoms with Crippen molar-refractivity contribution < 1.29 is 4.79 Å². The summed E-state index contributed by atoms with van der Waals surface area (Å²) in [6.45, 7) is 3.78. The number of carbonyl (C=O) groups is 1. The molecule has 3 rings (SSSR count).